The van der Waals surface area contributed by atoms with Gasteiger partial charge in [0.15, 0.2) is 5.16 Å². The summed E-state index contributed by atoms with van der Waals surface area (Å²) in [7, 11) is 2.12. The number of nitrogens with one attached hydrogen (secondary N) is 3. The van der Waals surface area contributed by atoms with Crippen LogP contribution in [0.15, 0.2) is 35.5 Å². The van der Waals surface area contributed by atoms with Crippen LogP contribution in [0.1, 0.15) is 17.4 Å². The molecule has 3 aromatic rings. The molecule has 0 saturated heterocycles. The first kappa shape index (κ1) is 21.5. The molecule has 3 heterocycles. The minimum atomic E-state index is -0.559. The van der Waals surface area contributed by atoms with E-state index >= 15 is 0 Å². The molecule has 1 aromatic carbocycles. The summed E-state index contributed by atoms with van der Waals surface area (Å²) in [5, 5.41) is 9.94. The van der Waals surface area contributed by atoms with Crippen molar-refractivity contribution >= 4 is 56.8 Å². The molecule has 2 aromatic heterocycles. The Kier molecular flexibility index (Phi) is 6.69. The van der Waals surface area contributed by atoms with E-state index in [0.29, 0.717) is 10.8 Å². The molecule has 0 fully saturated rings. The SMILES string of the molecule is CCNc1nc(SCC(=O)NC(=O)Nc2ccccc2)nc2sc3c(c12)CCN(C)C3. The van der Waals surface area contributed by atoms with Crippen molar-refractivity contribution in [1.29, 1.82) is 0 Å². The van der Waals surface area contributed by atoms with E-state index < -0.39 is 11.9 Å². The molecule has 0 unspecified atom stereocenters. The lowest BCUT2D eigenvalue weighted by Crippen LogP contribution is -2.35. The molecule has 0 bridgehead atoms. The Balaban J connectivity index is 1.44. The molecule has 4 rings (SSSR count). The molecule has 0 radical (unpaired) electrons. The molecule has 0 saturated carbocycles. The Labute approximate surface area is 188 Å². The molecule has 1 aliphatic rings. The fraction of sp³-hybridized carbons (Fsp3) is 0.333. The van der Waals surface area contributed by atoms with Crippen LogP contribution in [0.3, 0.4) is 0 Å². The monoisotopic (exact) mass is 456 g/mol. The van der Waals surface area contributed by atoms with E-state index in [1.54, 1.807) is 23.5 Å². The van der Waals surface area contributed by atoms with Gasteiger partial charge in [0.1, 0.15) is 10.6 Å². The van der Waals surface area contributed by atoms with Crippen LogP contribution in [0.2, 0.25) is 0 Å². The summed E-state index contributed by atoms with van der Waals surface area (Å²) in [6, 6.07) is 8.42. The van der Waals surface area contributed by atoms with Crippen molar-refractivity contribution < 1.29 is 9.59 Å². The predicted molar refractivity (Wildman–Crippen MR) is 126 cm³/mol. The molecule has 1 aliphatic heterocycles. The van der Waals surface area contributed by atoms with Crippen molar-refractivity contribution in [1.82, 2.24) is 20.2 Å². The topological polar surface area (TPSA) is 99.2 Å². The number of thioether (sulfide) groups is 1. The molecule has 0 spiro atoms. The number of amides is 3. The first-order valence-electron chi connectivity index (χ1n) is 10.1. The van der Waals surface area contributed by atoms with E-state index in [9.17, 15) is 9.59 Å². The van der Waals surface area contributed by atoms with Gasteiger partial charge in [0.05, 0.1) is 11.1 Å². The number of benzene rings is 1. The Morgan fingerprint density at radius 1 is 1.23 bits per heavy atom. The second-order valence-corrected chi connectivity index (χ2v) is 9.24. The van der Waals surface area contributed by atoms with E-state index in [-0.39, 0.29) is 5.75 Å². The van der Waals surface area contributed by atoms with Crippen molar-refractivity contribution in [2.75, 3.05) is 36.5 Å². The number of anilines is 2. The number of hydrogen-bond donors (Lipinski definition) is 3. The molecule has 0 atom stereocenters. The number of thiophene rings is 1. The van der Waals surface area contributed by atoms with E-state index in [1.807, 2.05) is 25.1 Å². The number of imide groups is 1. The second kappa shape index (κ2) is 9.63. The zero-order chi connectivity index (χ0) is 21.8. The molecule has 10 heteroatoms. The summed E-state index contributed by atoms with van der Waals surface area (Å²) >= 11 is 2.91. The van der Waals surface area contributed by atoms with Gasteiger partial charge in [-0.1, -0.05) is 30.0 Å². The fourth-order valence-electron chi connectivity index (χ4n) is 3.44. The molecular weight excluding hydrogens is 432 g/mol. The number of rotatable bonds is 6. The zero-order valence-corrected chi connectivity index (χ0v) is 19.0. The van der Waals surface area contributed by atoms with Crippen LogP contribution in [0.4, 0.5) is 16.3 Å². The maximum Gasteiger partial charge on any atom is 0.325 e. The molecule has 3 N–H and O–H groups in total. The molecule has 0 aliphatic carbocycles. The quantitative estimate of drug-likeness (QED) is 0.385. The Morgan fingerprint density at radius 2 is 2.03 bits per heavy atom. The smallest absolute Gasteiger partial charge is 0.325 e. The molecule has 162 valence electrons. The van der Waals surface area contributed by atoms with E-state index in [1.165, 1.54) is 22.2 Å². The average Bonchev–Trinajstić information content (AvgIpc) is 3.10. The number of aromatic nitrogens is 2. The molecule has 31 heavy (non-hydrogen) atoms. The predicted octanol–water partition coefficient (Wildman–Crippen LogP) is 3.55. The number of para-hydroxylation sites is 1. The number of likely N-dealkylation sites (N-methyl/N-ethyl adjacent to an activating group) is 1. The van der Waals surface area contributed by atoms with Crippen LogP contribution >= 0.6 is 23.1 Å². The first-order valence-corrected chi connectivity index (χ1v) is 11.9. The third-order valence-corrected chi connectivity index (χ3v) is 6.79. The van der Waals surface area contributed by atoms with Gasteiger partial charge in [-0.25, -0.2) is 14.8 Å². The summed E-state index contributed by atoms with van der Waals surface area (Å²) in [5.41, 5.74) is 1.96. The van der Waals surface area contributed by atoms with Crippen molar-refractivity contribution in [3.63, 3.8) is 0 Å². The molecule has 8 nitrogen and oxygen atoms in total. The van der Waals surface area contributed by atoms with E-state index in [2.05, 4.69) is 32.9 Å². The van der Waals surface area contributed by atoms with Gasteiger partial charge in [0.25, 0.3) is 0 Å². The number of carbonyl (C=O) groups is 2. The fourth-order valence-corrected chi connectivity index (χ4v) is 5.44. The lowest BCUT2D eigenvalue weighted by Gasteiger charge is -2.22. The summed E-state index contributed by atoms with van der Waals surface area (Å²) < 4.78 is 0. The zero-order valence-electron chi connectivity index (χ0n) is 17.4. The normalized spacial score (nSPS) is 13.6. The summed E-state index contributed by atoms with van der Waals surface area (Å²) in [5.74, 6) is 0.464. The van der Waals surface area contributed by atoms with Crippen molar-refractivity contribution in [3.8, 4) is 0 Å². The minimum Gasteiger partial charge on any atom is -0.370 e. The van der Waals surface area contributed by atoms with Gasteiger partial charge >= 0.3 is 6.03 Å². The largest absolute Gasteiger partial charge is 0.370 e. The number of urea groups is 1. The van der Waals surface area contributed by atoms with Crippen LogP contribution in [0, 0.1) is 0 Å². The van der Waals surface area contributed by atoms with Gasteiger partial charge in [-0.3, -0.25) is 10.1 Å². The maximum atomic E-state index is 12.2. The molecule has 3 amide bonds. The summed E-state index contributed by atoms with van der Waals surface area (Å²) in [4.78, 5) is 38.1. The highest BCUT2D eigenvalue weighted by Gasteiger charge is 2.23. The highest BCUT2D eigenvalue weighted by atomic mass is 32.2. The van der Waals surface area contributed by atoms with Gasteiger partial charge < -0.3 is 15.5 Å². The van der Waals surface area contributed by atoms with Crippen LogP contribution in [-0.2, 0) is 17.8 Å². The Morgan fingerprint density at radius 3 is 2.81 bits per heavy atom. The number of carbonyl (C=O) groups excluding carboxylic acids is 2. The van der Waals surface area contributed by atoms with Crippen LogP contribution in [0.25, 0.3) is 10.2 Å². The van der Waals surface area contributed by atoms with E-state index in [4.69, 9.17) is 4.98 Å². The number of nitrogens with zero attached hydrogens (tertiary/aromatic N) is 3. The Bertz CT molecular complexity index is 1100. The number of fused-ring (bicyclic) bond motifs is 3. The third kappa shape index (κ3) is 5.15. The van der Waals surface area contributed by atoms with E-state index in [0.717, 1.165) is 42.1 Å². The highest BCUT2D eigenvalue weighted by molar-refractivity contribution is 7.99. The molecular formula is C21H24N6O2S2. The van der Waals surface area contributed by atoms with Crippen LogP contribution in [-0.4, -0.2) is 52.7 Å². The summed E-state index contributed by atoms with van der Waals surface area (Å²) in [6.07, 6.45) is 0.985. The van der Waals surface area contributed by atoms with Crippen molar-refractivity contribution in [2.45, 2.75) is 25.0 Å². The second-order valence-electron chi connectivity index (χ2n) is 7.21. The highest BCUT2D eigenvalue weighted by Crippen LogP contribution is 2.38. The third-order valence-electron chi connectivity index (χ3n) is 4.83. The van der Waals surface area contributed by atoms with Crippen molar-refractivity contribution in [3.05, 3.63) is 40.8 Å². The van der Waals surface area contributed by atoms with Gasteiger partial charge in [0.2, 0.25) is 5.91 Å². The van der Waals surface area contributed by atoms with Crippen LogP contribution < -0.4 is 16.0 Å². The van der Waals surface area contributed by atoms with Gasteiger partial charge in [-0.05, 0) is 38.1 Å². The van der Waals surface area contributed by atoms with Gasteiger partial charge in [-0.15, -0.1) is 11.3 Å². The standard InChI is InChI=1S/C21H24N6O2S2/c1-3-22-18-17-14-9-10-27(2)11-15(14)31-19(17)26-21(25-18)30-12-16(28)24-20(29)23-13-7-5-4-6-8-13/h4-8H,3,9-12H2,1-2H3,(H,22,25,26)(H2,23,24,28,29). The summed E-state index contributed by atoms with van der Waals surface area (Å²) in [6.45, 7) is 4.72. The average molecular weight is 457 g/mol. The minimum absolute atomic E-state index is 0.0487. The first-order chi connectivity index (χ1) is 15.0. The van der Waals surface area contributed by atoms with Gasteiger partial charge in [0, 0.05) is 30.2 Å². The lowest BCUT2D eigenvalue weighted by atomic mass is 10.1. The Hall–Kier alpha value is -2.69. The van der Waals surface area contributed by atoms with Crippen molar-refractivity contribution in [2.24, 2.45) is 0 Å². The number of hydrogen-bond acceptors (Lipinski definition) is 8. The van der Waals surface area contributed by atoms with Crippen LogP contribution in [0.5, 0.6) is 0 Å². The van der Waals surface area contributed by atoms with Gasteiger partial charge in [-0.2, -0.15) is 0 Å². The maximum absolute atomic E-state index is 12.2. The lowest BCUT2D eigenvalue weighted by molar-refractivity contribution is -0.117.